The Morgan fingerprint density at radius 3 is 3.04 bits per heavy atom. The van der Waals surface area contributed by atoms with Gasteiger partial charge < -0.3 is 9.32 Å². The number of piperidine rings is 1. The number of oxazole rings is 1. The second kappa shape index (κ2) is 6.20. The van der Waals surface area contributed by atoms with E-state index in [1.54, 1.807) is 4.90 Å². The second-order valence-electron chi connectivity index (χ2n) is 5.86. The highest BCUT2D eigenvalue weighted by Gasteiger charge is 2.28. The molecule has 1 saturated heterocycles. The summed E-state index contributed by atoms with van der Waals surface area (Å²) in [5.74, 6) is 0.827. The Balaban J connectivity index is 1.47. The first-order valence-electron chi connectivity index (χ1n) is 7.90. The zero-order valence-electron chi connectivity index (χ0n) is 13.2. The third-order valence-electron chi connectivity index (χ3n) is 4.11. The normalized spacial score (nSPS) is 18.0. The third kappa shape index (κ3) is 2.96. The zero-order valence-corrected chi connectivity index (χ0v) is 14.0. The molecule has 0 unspecified atom stereocenters. The number of nitrogens with one attached hydrogen (secondary N) is 1. The van der Waals surface area contributed by atoms with E-state index in [2.05, 4.69) is 20.5 Å². The summed E-state index contributed by atoms with van der Waals surface area (Å²) in [6.07, 6.45) is 1.89. The van der Waals surface area contributed by atoms with Crippen molar-refractivity contribution in [1.82, 2.24) is 20.1 Å². The van der Waals surface area contributed by atoms with Crippen LogP contribution in [0.15, 0.2) is 28.7 Å². The van der Waals surface area contributed by atoms with Gasteiger partial charge in [0.25, 0.3) is 0 Å². The molecule has 1 fully saturated rings. The van der Waals surface area contributed by atoms with Gasteiger partial charge in [-0.2, -0.15) is 0 Å². The van der Waals surface area contributed by atoms with Gasteiger partial charge in [0.05, 0.1) is 5.92 Å². The third-order valence-corrected chi connectivity index (χ3v) is 4.86. The van der Waals surface area contributed by atoms with Crippen LogP contribution in [-0.4, -0.2) is 39.2 Å². The lowest BCUT2D eigenvalue weighted by Gasteiger charge is -2.30. The number of nitrogens with zero attached hydrogens (tertiary/aromatic N) is 4. The Morgan fingerprint density at radius 2 is 2.25 bits per heavy atom. The summed E-state index contributed by atoms with van der Waals surface area (Å²) >= 11 is 1.37. The molecule has 0 aliphatic carbocycles. The molecule has 1 aliphatic heterocycles. The molecule has 0 saturated carbocycles. The van der Waals surface area contributed by atoms with Gasteiger partial charge in [-0.05, 0) is 31.9 Å². The number of carbonyl (C=O) groups excluding carboxylic acids is 1. The highest BCUT2D eigenvalue weighted by Crippen LogP contribution is 2.29. The monoisotopic (exact) mass is 343 g/mol. The maximum absolute atomic E-state index is 12.4. The highest BCUT2D eigenvalue weighted by atomic mass is 32.1. The smallest absolute Gasteiger partial charge is 0.323 e. The molecular formula is C16H17N5O2S. The lowest BCUT2D eigenvalue weighted by Crippen LogP contribution is -2.41. The molecule has 1 aliphatic rings. The molecule has 4 rings (SSSR count). The molecular weight excluding hydrogens is 326 g/mol. The van der Waals surface area contributed by atoms with Crippen molar-refractivity contribution in [1.29, 1.82) is 0 Å². The Bertz CT molecular complexity index is 841. The summed E-state index contributed by atoms with van der Waals surface area (Å²) < 4.78 is 5.87. The van der Waals surface area contributed by atoms with Crippen molar-refractivity contribution in [3.63, 3.8) is 0 Å². The summed E-state index contributed by atoms with van der Waals surface area (Å²) in [5, 5.41) is 12.0. The van der Waals surface area contributed by atoms with Crippen LogP contribution in [0.1, 0.15) is 29.7 Å². The summed E-state index contributed by atoms with van der Waals surface area (Å²) in [6, 6.07) is 7.58. The molecule has 3 heterocycles. The number of fused-ring (bicyclic) bond motifs is 1. The average Bonchev–Trinajstić information content (AvgIpc) is 3.21. The van der Waals surface area contributed by atoms with E-state index in [1.165, 1.54) is 11.3 Å². The van der Waals surface area contributed by atoms with Gasteiger partial charge in [0, 0.05) is 13.1 Å². The fraction of sp³-hybridized carbons (Fsp3) is 0.375. The van der Waals surface area contributed by atoms with Crippen LogP contribution in [-0.2, 0) is 0 Å². The van der Waals surface area contributed by atoms with Crippen LogP contribution in [0.25, 0.3) is 11.1 Å². The molecule has 3 aromatic rings. The SMILES string of the molecule is Cc1nnc(NC(=O)N2CCC[C@@H](c3nc4ccccc4o3)C2)s1. The predicted octanol–water partition coefficient (Wildman–Crippen LogP) is 3.40. The molecule has 0 spiro atoms. The second-order valence-corrected chi connectivity index (χ2v) is 7.04. The molecule has 2 aromatic heterocycles. The molecule has 1 aromatic carbocycles. The number of urea groups is 1. The number of aryl methyl sites for hydroxylation is 1. The first-order chi connectivity index (χ1) is 11.7. The van der Waals surface area contributed by atoms with Crippen molar-refractivity contribution >= 4 is 33.6 Å². The largest absolute Gasteiger partial charge is 0.440 e. The Hall–Kier alpha value is -2.48. The quantitative estimate of drug-likeness (QED) is 0.771. The average molecular weight is 343 g/mol. The van der Waals surface area contributed by atoms with E-state index in [1.807, 2.05) is 31.2 Å². The van der Waals surface area contributed by atoms with Crippen molar-refractivity contribution in [3.8, 4) is 0 Å². The Morgan fingerprint density at radius 1 is 1.38 bits per heavy atom. The number of likely N-dealkylation sites (tertiary alicyclic amines) is 1. The van der Waals surface area contributed by atoms with E-state index in [0.29, 0.717) is 17.6 Å². The predicted molar refractivity (Wildman–Crippen MR) is 91.2 cm³/mol. The van der Waals surface area contributed by atoms with Crippen molar-refractivity contribution in [2.24, 2.45) is 0 Å². The standard InChI is InChI=1S/C16H17N5O2S/c1-10-19-20-15(24-10)18-16(22)21-8-4-5-11(9-21)14-17-12-6-2-3-7-13(12)23-14/h2-3,6-7,11H,4-5,8-9H2,1H3,(H,18,20,22)/t11-/m1/s1. The minimum absolute atomic E-state index is 0.119. The van der Waals surface area contributed by atoms with Crippen LogP contribution >= 0.6 is 11.3 Å². The molecule has 0 bridgehead atoms. The Labute approximate surface area is 142 Å². The first kappa shape index (κ1) is 15.1. The van der Waals surface area contributed by atoms with E-state index in [-0.39, 0.29) is 11.9 Å². The molecule has 8 heteroatoms. The van der Waals surface area contributed by atoms with Gasteiger partial charge in [0.15, 0.2) is 11.5 Å². The summed E-state index contributed by atoms with van der Waals surface area (Å²) in [5.41, 5.74) is 1.65. The number of aromatic nitrogens is 3. The number of carbonyl (C=O) groups is 1. The van der Waals surface area contributed by atoms with Crippen molar-refractivity contribution < 1.29 is 9.21 Å². The van der Waals surface area contributed by atoms with Crippen LogP contribution < -0.4 is 5.32 Å². The fourth-order valence-corrected chi connectivity index (χ4v) is 3.53. The van der Waals surface area contributed by atoms with E-state index in [4.69, 9.17) is 4.42 Å². The molecule has 2 amide bonds. The van der Waals surface area contributed by atoms with Gasteiger partial charge in [-0.15, -0.1) is 10.2 Å². The number of hydrogen-bond donors (Lipinski definition) is 1. The molecule has 124 valence electrons. The van der Waals surface area contributed by atoms with Crippen molar-refractivity contribution in [3.05, 3.63) is 35.2 Å². The maximum atomic E-state index is 12.4. The summed E-state index contributed by atoms with van der Waals surface area (Å²) in [7, 11) is 0. The maximum Gasteiger partial charge on any atom is 0.323 e. The molecule has 1 atom stereocenters. The number of amides is 2. The molecule has 1 N–H and O–H groups in total. The minimum atomic E-state index is -0.146. The number of benzene rings is 1. The van der Waals surface area contributed by atoms with Gasteiger partial charge in [-0.3, -0.25) is 5.32 Å². The van der Waals surface area contributed by atoms with Gasteiger partial charge in [0.1, 0.15) is 10.5 Å². The van der Waals surface area contributed by atoms with Crippen LogP contribution in [0.5, 0.6) is 0 Å². The minimum Gasteiger partial charge on any atom is -0.440 e. The van der Waals surface area contributed by atoms with Crippen molar-refractivity contribution in [2.45, 2.75) is 25.7 Å². The van der Waals surface area contributed by atoms with Gasteiger partial charge in [0.2, 0.25) is 5.13 Å². The number of hydrogen-bond acceptors (Lipinski definition) is 6. The van der Waals surface area contributed by atoms with Crippen molar-refractivity contribution in [2.75, 3.05) is 18.4 Å². The first-order valence-corrected chi connectivity index (χ1v) is 8.72. The number of para-hydroxylation sites is 2. The Kier molecular flexibility index (Phi) is 3.89. The summed E-state index contributed by atoms with van der Waals surface area (Å²) in [6.45, 7) is 3.17. The van der Waals surface area contributed by atoms with E-state index < -0.39 is 0 Å². The lowest BCUT2D eigenvalue weighted by molar-refractivity contribution is 0.187. The summed E-state index contributed by atoms with van der Waals surface area (Å²) in [4.78, 5) is 18.8. The molecule has 24 heavy (non-hydrogen) atoms. The topological polar surface area (TPSA) is 84.2 Å². The van der Waals surface area contributed by atoms with Crippen LogP contribution in [0.4, 0.5) is 9.93 Å². The van der Waals surface area contributed by atoms with Gasteiger partial charge >= 0.3 is 6.03 Å². The van der Waals surface area contributed by atoms with Gasteiger partial charge in [-0.1, -0.05) is 23.5 Å². The number of anilines is 1. The molecule has 7 nitrogen and oxygen atoms in total. The lowest BCUT2D eigenvalue weighted by atomic mass is 9.98. The zero-order chi connectivity index (χ0) is 16.5. The van der Waals surface area contributed by atoms with E-state index in [9.17, 15) is 4.79 Å². The van der Waals surface area contributed by atoms with E-state index in [0.717, 1.165) is 35.5 Å². The van der Waals surface area contributed by atoms with E-state index >= 15 is 0 Å². The van der Waals surface area contributed by atoms with Crippen LogP contribution in [0.3, 0.4) is 0 Å². The van der Waals surface area contributed by atoms with Gasteiger partial charge in [-0.25, -0.2) is 9.78 Å². The molecule has 0 radical (unpaired) electrons. The fourth-order valence-electron chi connectivity index (χ4n) is 2.95. The highest BCUT2D eigenvalue weighted by molar-refractivity contribution is 7.15. The van der Waals surface area contributed by atoms with Crippen LogP contribution in [0, 0.1) is 6.92 Å². The number of rotatable bonds is 2. The van der Waals surface area contributed by atoms with Crippen LogP contribution in [0.2, 0.25) is 0 Å².